The lowest BCUT2D eigenvalue weighted by Crippen LogP contribution is -2.39. The van der Waals surface area contributed by atoms with E-state index in [2.05, 4.69) is 16.8 Å². The number of nitrogens with one attached hydrogen (secondary N) is 1. The molecular formula is C17H19ClF2N2O2. The summed E-state index contributed by atoms with van der Waals surface area (Å²) in [6.07, 6.45) is 2.48. The van der Waals surface area contributed by atoms with Crippen molar-refractivity contribution in [2.45, 2.75) is 45.1 Å². The average molecular weight is 357 g/mol. The molecule has 0 atom stereocenters. The quantitative estimate of drug-likeness (QED) is 0.829. The van der Waals surface area contributed by atoms with Gasteiger partial charge in [-0.05, 0) is 39.7 Å². The zero-order chi connectivity index (χ0) is 18.0. The molecule has 130 valence electrons. The SMILES string of the molecule is CC(C)(C)OC(=O)NCC(F)(F)c1ncc(C#CC2CC2)cc1Cl. The van der Waals surface area contributed by atoms with Crippen LogP contribution >= 0.6 is 11.6 Å². The van der Waals surface area contributed by atoms with Crippen molar-refractivity contribution in [1.82, 2.24) is 10.3 Å². The Balaban J connectivity index is 2.03. The maximum Gasteiger partial charge on any atom is 0.407 e. The molecule has 1 aliphatic carbocycles. The third kappa shape index (κ3) is 5.64. The molecule has 24 heavy (non-hydrogen) atoms. The zero-order valence-corrected chi connectivity index (χ0v) is 14.5. The van der Waals surface area contributed by atoms with Gasteiger partial charge in [0.25, 0.3) is 0 Å². The van der Waals surface area contributed by atoms with Gasteiger partial charge in [-0.1, -0.05) is 23.4 Å². The summed E-state index contributed by atoms with van der Waals surface area (Å²) in [5.41, 5.74) is -0.874. The van der Waals surface area contributed by atoms with Crippen LogP contribution in [0.3, 0.4) is 0 Å². The summed E-state index contributed by atoms with van der Waals surface area (Å²) in [5.74, 6) is 2.85. The minimum Gasteiger partial charge on any atom is -0.444 e. The van der Waals surface area contributed by atoms with Crippen molar-refractivity contribution < 1.29 is 18.3 Å². The lowest BCUT2D eigenvalue weighted by Gasteiger charge is -2.22. The van der Waals surface area contributed by atoms with Crippen molar-refractivity contribution in [1.29, 1.82) is 0 Å². The molecular weight excluding hydrogens is 338 g/mol. The van der Waals surface area contributed by atoms with Crippen molar-refractivity contribution >= 4 is 17.7 Å². The fraction of sp³-hybridized carbons (Fsp3) is 0.529. The summed E-state index contributed by atoms with van der Waals surface area (Å²) in [6.45, 7) is 3.97. The Bertz CT molecular complexity index is 686. The van der Waals surface area contributed by atoms with Gasteiger partial charge in [0.1, 0.15) is 11.3 Å². The molecule has 0 saturated heterocycles. The molecule has 1 saturated carbocycles. The average Bonchev–Trinajstić information content (AvgIpc) is 3.25. The highest BCUT2D eigenvalue weighted by Gasteiger charge is 2.36. The number of hydrogen-bond acceptors (Lipinski definition) is 3. The van der Waals surface area contributed by atoms with Crippen molar-refractivity contribution in [2.75, 3.05) is 6.54 Å². The molecule has 4 nitrogen and oxygen atoms in total. The monoisotopic (exact) mass is 356 g/mol. The van der Waals surface area contributed by atoms with Crippen LogP contribution in [0, 0.1) is 17.8 Å². The first kappa shape index (κ1) is 18.5. The lowest BCUT2D eigenvalue weighted by molar-refractivity contribution is -0.0128. The number of carbonyl (C=O) groups is 1. The number of halogens is 3. The zero-order valence-electron chi connectivity index (χ0n) is 13.8. The third-order valence-electron chi connectivity index (χ3n) is 3.04. The predicted octanol–water partition coefficient (Wildman–Crippen LogP) is 4.11. The van der Waals surface area contributed by atoms with Crippen molar-refractivity contribution in [3.05, 3.63) is 28.5 Å². The first-order valence-corrected chi connectivity index (χ1v) is 7.97. The van der Waals surface area contributed by atoms with E-state index >= 15 is 0 Å². The van der Waals surface area contributed by atoms with E-state index in [-0.39, 0.29) is 5.02 Å². The molecule has 0 unspecified atom stereocenters. The minimum absolute atomic E-state index is 0.186. The Labute approximate surface area is 144 Å². The Morgan fingerprint density at radius 1 is 1.46 bits per heavy atom. The molecule has 0 spiro atoms. The summed E-state index contributed by atoms with van der Waals surface area (Å²) in [5, 5.41) is 1.84. The lowest BCUT2D eigenvalue weighted by atomic mass is 10.1. The second-order valence-corrected chi connectivity index (χ2v) is 7.07. The van der Waals surface area contributed by atoms with Crippen molar-refractivity contribution in [3.8, 4) is 11.8 Å². The minimum atomic E-state index is -3.42. The van der Waals surface area contributed by atoms with E-state index < -0.39 is 29.9 Å². The maximum absolute atomic E-state index is 14.2. The Kier molecular flexibility index (Phi) is 5.34. The predicted molar refractivity (Wildman–Crippen MR) is 87.0 cm³/mol. The Morgan fingerprint density at radius 3 is 2.67 bits per heavy atom. The summed E-state index contributed by atoms with van der Waals surface area (Å²) >= 11 is 5.91. The Morgan fingerprint density at radius 2 is 2.12 bits per heavy atom. The highest BCUT2D eigenvalue weighted by Crippen LogP contribution is 2.32. The van der Waals surface area contributed by atoms with Gasteiger partial charge in [0.2, 0.25) is 0 Å². The molecule has 1 fully saturated rings. The van der Waals surface area contributed by atoms with Gasteiger partial charge >= 0.3 is 12.0 Å². The topological polar surface area (TPSA) is 51.2 Å². The van der Waals surface area contributed by atoms with Gasteiger partial charge in [-0.3, -0.25) is 4.98 Å². The van der Waals surface area contributed by atoms with Gasteiger partial charge in [-0.15, -0.1) is 0 Å². The van der Waals surface area contributed by atoms with E-state index in [1.54, 1.807) is 20.8 Å². The second-order valence-electron chi connectivity index (χ2n) is 6.66. The van der Waals surface area contributed by atoms with Crippen LogP contribution in [0.25, 0.3) is 0 Å². The number of carbonyl (C=O) groups excluding carboxylic acids is 1. The van der Waals surface area contributed by atoms with E-state index in [9.17, 15) is 13.6 Å². The molecule has 0 aromatic carbocycles. The van der Waals surface area contributed by atoms with Crippen LogP contribution in [-0.2, 0) is 10.7 Å². The summed E-state index contributed by atoms with van der Waals surface area (Å²) in [6, 6.07) is 1.36. The number of ether oxygens (including phenoxy) is 1. The van der Waals surface area contributed by atoms with Gasteiger partial charge in [-0.25, -0.2) is 4.79 Å². The van der Waals surface area contributed by atoms with Crippen LogP contribution in [0.2, 0.25) is 5.02 Å². The van der Waals surface area contributed by atoms with Gasteiger partial charge in [0.15, 0.2) is 0 Å². The van der Waals surface area contributed by atoms with Crippen LogP contribution in [0.1, 0.15) is 44.9 Å². The molecule has 1 aliphatic rings. The van der Waals surface area contributed by atoms with Crippen LogP contribution < -0.4 is 5.32 Å². The summed E-state index contributed by atoms with van der Waals surface area (Å²) in [4.78, 5) is 15.2. The fourth-order valence-electron chi connectivity index (χ4n) is 1.77. The van der Waals surface area contributed by atoms with Crippen molar-refractivity contribution in [2.24, 2.45) is 5.92 Å². The molecule has 7 heteroatoms. The van der Waals surface area contributed by atoms with Crippen molar-refractivity contribution in [3.63, 3.8) is 0 Å². The molecule has 2 rings (SSSR count). The smallest absolute Gasteiger partial charge is 0.407 e. The number of alkyl halides is 2. The molecule has 1 aromatic heterocycles. The van der Waals surface area contributed by atoms with E-state index in [1.807, 2.05) is 5.32 Å². The molecule has 1 N–H and O–H groups in total. The number of aromatic nitrogens is 1. The number of nitrogens with zero attached hydrogens (tertiary/aromatic N) is 1. The highest BCUT2D eigenvalue weighted by atomic mass is 35.5. The number of amides is 1. The molecule has 1 aromatic rings. The van der Waals surface area contributed by atoms with E-state index in [0.717, 1.165) is 12.8 Å². The van der Waals surface area contributed by atoms with Crippen LogP contribution in [0.4, 0.5) is 13.6 Å². The van der Waals surface area contributed by atoms with Crippen LogP contribution in [0.15, 0.2) is 12.3 Å². The fourth-order valence-corrected chi connectivity index (χ4v) is 2.07. The second kappa shape index (κ2) is 6.94. The maximum atomic E-state index is 14.2. The molecule has 0 radical (unpaired) electrons. The van der Waals surface area contributed by atoms with Crippen LogP contribution in [0.5, 0.6) is 0 Å². The number of rotatable bonds is 3. The van der Waals surface area contributed by atoms with E-state index in [1.165, 1.54) is 12.3 Å². The van der Waals surface area contributed by atoms with E-state index in [0.29, 0.717) is 11.5 Å². The molecule has 1 amide bonds. The Hall–Kier alpha value is -1.87. The molecule has 0 bridgehead atoms. The third-order valence-corrected chi connectivity index (χ3v) is 3.33. The first-order valence-electron chi connectivity index (χ1n) is 7.59. The van der Waals surface area contributed by atoms with Gasteiger partial charge in [0.05, 0.1) is 11.6 Å². The largest absolute Gasteiger partial charge is 0.444 e. The van der Waals surface area contributed by atoms with Gasteiger partial charge in [0, 0.05) is 17.7 Å². The molecule has 0 aliphatic heterocycles. The first-order chi connectivity index (χ1) is 11.1. The normalized spacial score (nSPS) is 14.6. The summed E-state index contributed by atoms with van der Waals surface area (Å²) < 4.78 is 33.3. The molecule has 1 heterocycles. The van der Waals surface area contributed by atoms with Gasteiger partial charge < -0.3 is 10.1 Å². The van der Waals surface area contributed by atoms with Gasteiger partial charge in [-0.2, -0.15) is 8.78 Å². The number of hydrogen-bond donors (Lipinski definition) is 1. The van der Waals surface area contributed by atoms with Crippen LogP contribution in [-0.4, -0.2) is 23.2 Å². The highest BCUT2D eigenvalue weighted by molar-refractivity contribution is 6.31. The number of pyridine rings is 1. The summed E-state index contributed by atoms with van der Waals surface area (Å²) in [7, 11) is 0. The number of alkyl carbamates (subject to hydrolysis) is 1. The standard InChI is InChI=1S/C17H19ClF2N2O2/c1-16(2,3)24-15(23)22-10-17(19,20)14-13(18)8-12(9-21-14)7-6-11-4-5-11/h8-9,11H,4-5,10H2,1-3H3,(H,22,23). The van der Waals surface area contributed by atoms with E-state index in [4.69, 9.17) is 16.3 Å².